The van der Waals surface area contributed by atoms with Gasteiger partial charge >= 0.3 is 5.97 Å². The summed E-state index contributed by atoms with van der Waals surface area (Å²) in [6.45, 7) is 3.23. The Morgan fingerprint density at radius 2 is 2.06 bits per heavy atom. The molecule has 1 heterocycles. The lowest BCUT2D eigenvalue weighted by atomic mass is 10.3. The molecule has 1 fully saturated rings. The van der Waals surface area contributed by atoms with Gasteiger partial charge in [0.05, 0.1) is 12.7 Å². The summed E-state index contributed by atoms with van der Waals surface area (Å²) in [6.07, 6.45) is -0.204. The van der Waals surface area contributed by atoms with E-state index in [2.05, 4.69) is 16.2 Å². The first-order valence-electron chi connectivity index (χ1n) is 5.05. The molecule has 1 aliphatic rings. The number of imide groups is 1. The molecule has 1 N–H and O–H groups in total. The molecule has 1 aliphatic heterocycles. The summed E-state index contributed by atoms with van der Waals surface area (Å²) >= 11 is 0. The Morgan fingerprint density at radius 3 is 2.59 bits per heavy atom. The van der Waals surface area contributed by atoms with Crippen LogP contribution in [0.2, 0.25) is 0 Å². The first-order valence-corrected chi connectivity index (χ1v) is 5.05. The standard InChI is InChI=1S/C10H13NO6/c1-2-16-9(14)5-6-10(15)17-11-7(12)3-4-8(11)13/h2,9,14H,1,3-6H2. The molecule has 1 rings (SSSR count). The monoisotopic (exact) mass is 243 g/mol. The third-order valence-electron chi connectivity index (χ3n) is 2.05. The molecule has 0 aromatic heterocycles. The van der Waals surface area contributed by atoms with Crippen molar-refractivity contribution < 1.29 is 29.1 Å². The normalized spacial score (nSPS) is 16.9. The number of rotatable bonds is 6. The number of amides is 2. The lowest BCUT2D eigenvalue weighted by Gasteiger charge is -2.13. The van der Waals surface area contributed by atoms with Crippen LogP contribution in [-0.2, 0) is 24.0 Å². The van der Waals surface area contributed by atoms with Crippen LogP contribution in [-0.4, -0.2) is 34.2 Å². The molecule has 1 atom stereocenters. The molecule has 0 radical (unpaired) electrons. The number of nitrogens with zero attached hydrogens (tertiary/aromatic N) is 1. The van der Waals surface area contributed by atoms with E-state index in [9.17, 15) is 14.4 Å². The van der Waals surface area contributed by atoms with E-state index in [4.69, 9.17) is 5.11 Å². The topological polar surface area (TPSA) is 93.1 Å². The minimum absolute atomic E-state index is 0.0128. The zero-order valence-corrected chi connectivity index (χ0v) is 9.13. The Labute approximate surface area is 97.5 Å². The SMILES string of the molecule is C=COC(O)CCC(=O)ON1C(=O)CCC1=O. The van der Waals surface area contributed by atoms with E-state index >= 15 is 0 Å². The van der Waals surface area contributed by atoms with Gasteiger partial charge in [0.25, 0.3) is 11.8 Å². The van der Waals surface area contributed by atoms with E-state index in [1.165, 1.54) is 0 Å². The summed E-state index contributed by atoms with van der Waals surface area (Å²) in [4.78, 5) is 38.0. The zero-order valence-electron chi connectivity index (χ0n) is 9.13. The maximum absolute atomic E-state index is 11.2. The van der Waals surface area contributed by atoms with Gasteiger partial charge in [-0.3, -0.25) is 9.59 Å². The van der Waals surface area contributed by atoms with E-state index in [0.717, 1.165) is 6.26 Å². The van der Waals surface area contributed by atoms with Gasteiger partial charge < -0.3 is 14.7 Å². The number of aliphatic hydroxyl groups is 1. The second kappa shape index (κ2) is 6.00. The fourth-order valence-corrected chi connectivity index (χ4v) is 1.23. The molecule has 17 heavy (non-hydrogen) atoms. The smallest absolute Gasteiger partial charge is 0.333 e. The van der Waals surface area contributed by atoms with Gasteiger partial charge in [-0.15, -0.1) is 5.06 Å². The van der Waals surface area contributed by atoms with Crippen molar-refractivity contribution in [3.63, 3.8) is 0 Å². The Balaban J connectivity index is 2.32. The van der Waals surface area contributed by atoms with E-state index < -0.39 is 24.1 Å². The Morgan fingerprint density at radius 1 is 1.47 bits per heavy atom. The number of ether oxygens (including phenoxy) is 1. The van der Waals surface area contributed by atoms with Crippen LogP contribution in [0.5, 0.6) is 0 Å². The van der Waals surface area contributed by atoms with Crippen molar-refractivity contribution in [1.29, 1.82) is 0 Å². The highest BCUT2D eigenvalue weighted by Gasteiger charge is 2.32. The minimum Gasteiger partial charge on any atom is -0.473 e. The van der Waals surface area contributed by atoms with Gasteiger partial charge in [0.2, 0.25) is 0 Å². The van der Waals surface area contributed by atoms with Crippen LogP contribution < -0.4 is 0 Å². The zero-order chi connectivity index (χ0) is 12.8. The van der Waals surface area contributed by atoms with Crippen molar-refractivity contribution in [3.05, 3.63) is 12.8 Å². The van der Waals surface area contributed by atoms with Crippen molar-refractivity contribution in [2.45, 2.75) is 32.0 Å². The van der Waals surface area contributed by atoms with Gasteiger partial charge in [-0.05, 0) is 0 Å². The molecule has 94 valence electrons. The second-order valence-electron chi connectivity index (χ2n) is 3.34. The van der Waals surface area contributed by atoms with Crippen molar-refractivity contribution in [2.75, 3.05) is 0 Å². The van der Waals surface area contributed by atoms with Crippen LogP contribution in [0.4, 0.5) is 0 Å². The number of carbonyl (C=O) groups is 3. The van der Waals surface area contributed by atoms with Crippen LogP contribution in [0.3, 0.4) is 0 Å². The third kappa shape index (κ3) is 3.87. The van der Waals surface area contributed by atoms with Gasteiger partial charge in [0.1, 0.15) is 0 Å². The average Bonchev–Trinajstić information content (AvgIpc) is 2.58. The molecule has 0 spiro atoms. The van der Waals surface area contributed by atoms with Gasteiger partial charge in [-0.1, -0.05) is 6.58 Å². The molecule has 1 saturated heterocycles. The van der Waals surface area contributed by atoms with Crippen molar-refractivity contribution in [3.8, 4) is 0 Å². The third-order valence-corrected chi connectivity index (χ3v) is 2.05. The van der Waals surface area contributed by atoms with Crippen LogP contribution in [0.15, 0.2) is 12.8 Å². The van der Waals surface area contributed by atoms with Crippen LogP contribution in [0, 0.1) is 0 Å². The molecule has 1 unspecified atom stereocenters. The largest absolute Gasteiger partial charge is 0.473 e. The van der Waals surface area contributed by atoms with Gasteiger partial charge in [-0.2, -0.15) is 0 Å². The molecule has 0 aromatic rings. The van der Waals surface area contributed by atoms with Crippen molar-refractivity contribution in [2.24, 2.45) is 0 Å². The maximum atomic E-state index is 11.2. The Kier molecular flexibility index (Phi) is 4.65. The van der Waals surface area contributed by atoms with Crippen LogP contribution >= 0.6 is 0 Å². The number of carbonyl (C=O) groups excluding carboxylic acids is 3. The lowest BCUT2D eigenvalue weighted by molar-refractivity contribution is -0.198. The molecule has 2 amide bonds. The highest BCUT2D eigenvalue weighted by Crippen LogP contribution is 2.13. The van der Waals surface area contributed by atoms with Crippen molar-refractivity contribution in [1.82, 2.24) is 5.06 Å². The van der Waals surface area contributed by atoms with Gasteiger partial charge in [0.15, 0.2) is 6.29 Å². The highest BCUT2D eigenvalue weighted by molar-refractivity contribution is 6.01. The van der Waals surface area contributed by atoms with Crippen molar-refractivity contribution >= 4 is 17.8 Å². The van der Waals surface area contributed by atoms with E-state index in [0.29, 0.717) is 5.06 Å². The fourth-order valence-electron chi connectivity index (χ4n) is 1.23. The Hall–Kier alpha value is -1.89. The number of hydrogen-bond donors (Lipinski definition) is 1. The number of hydrogen-bond acceptors (Lipinski definition) is 6. The summed E-state index contributed by atoms with van der Waals surface area (Å²) in [6, 6.07) is 0. The maximum Gasteiger partial charge on any atom is 0.333 e. The van der Waals surface area contributed by atoms with Crippen LogP contribution in [0.1, 0.15) is 25.7 Å². The molecule has 7 nitrogen and oxygen atoms in total. The number of hydroxylamine groups is 2. The molecule has 0 saturated carbocycles. The van der Waals surface area contributed by atoms with Gasteiger partial charge in [0, 0.05) is 19.3 Å². The van der Waals surface area contributed by atoms with E-state index in [-0.39, 0.29) is 25.7 Å². The highest BCUT2D eigenvalue weighted by atomic mass is 16.7. The second-order valence-corrected chi connectivity index (χ2v) is 3.34. The summed E-state index contributed by atoms with van der Waals surface area (Å²) in [5.41, 5.74) is 0. The summed E-state index contributed by atoms with van der Waals surface area (Å²) in [5, 5.41) is 9.58. The van der Waals surface area contributed by atoms with E-state index in [1.807, 2.05) is 0 Å². The molecular weight excluding hydrogens is 230 g/mol. The average molecular weight is 243 g/mol. The van der Waals surface area contributed by atoms with Crippen LogP contribution in [0.25, 0.3) is 0 Å². The summed E-state index contributed by atoms with van der Waals surface area (Å²) < 4.78 is 4.57. The molecule has 7 heteroatoms. The Bertz CT molecular complexity index is 324. The predicted molar refractivity (Wildman–Crippen MR) is 53.7 cm³/mol. The molecule has 0 aliphatic carbocycles. The summed E-state index contributed by atoms with van der Waals surface area (Å²) in [7, 11) is 0. The minimum atomic E-state index is -1.16. The lowest BCUT2D eigenvalue weighted by Crippen LogP contribution is -2.32. The predicted octanol–water partition coefficient (Wildman–Crippen LogP) is -0.148. The number of aliphatic hydroxyl groups excluding tert-OH is 1. The van der Waals surface area contributed by atoms with E-state index in [1.54, 1.807) is 0 Å². The summed E-state index contributed by atoms with van der Waals surface area (Å²) in [5.74, 6) is -1.85. The first-order chi connectivity index (χ1) is 8.04. The first kappa shape index (κ1) is 13.2. The van der Waals surface area contributed by atoms with Gasteiger partial charge in [-0.25, -0.2) is 4.79 Å². The molecule has 0 aromatic carbocycles. The quantitative estimate of drug-likeness (QED) is 0.396. The molecule has 0 bridgehead atoms. The fraction of sp³-hybridized carbons (Fsp3) is 0.500. The molecular formula is C10H13NO6.